The lowest BCUT2D eigenvalue weighted by molar-refractivity contribution is 0.308. The van der Waals surface area contributed by atoms with Crippen molar-refractivity contribution < 1.29 is 4.39 Å². The van der Waals surface area contributed by atoms with E-state index in [1.807, 2.05) is 6.92 Å². The van der Waals surface area contributed by atoms with E-state index in [0.29, 0.717) is 12.3 Å². The fourth-order valence-corrected chi connectivity index (χ4v) is 1.27. The summed E-state index contributed by atoms with van der Waals surface area (Å²) in [5.41, 5.74) is 5.39. The summed E-state index contributed by atoms with van der Waals surface area (Å²) in [6.45, 7) is 2.04. The van der Waals surface area contributed by atoms with Crippen molar-refractivity contribution >= 4 is 0 Å². The molecule has 0 saturated heterocycles. The van der Waals surface area contributed by atoms with Crippen molar-refractivity contribution in [1.29, 1.82) is 0 Å². The Labute approximate surface area is 49.1 Å². The van der Waals surface area contributed by atoms with Crippen molar-refractivity contribution in [3.8, 4) is 0 Å². The lowest BCUT2D eigenvalue weighted by Gasteiger charge is -2.01. The molecule has 2 heteroatoms. The van der Waals surface area contributed by atoms with Crippen molar-refractivity contribution in [3.05, 3.63) is 0 Å². The average Bonchev–Trinajstić information content (AvgIpc) is 1.85. The highest BCUT2D eigenvalue weighted by molar-refractivity contribution is 4.83. The van der Waals surface area contributed by atoms with Gasteiger partial charge < -0.3 is 5.73 Å². The molecule has 0 aliphatic heterocycles. The third-order valence-electron chi connectivity index (χ3n) is 1.77. The molecule has 8 heavy (non-hydrogen) atoms. The minimum absolute atomic E-state index is 0.176. The van der Waals surface area contributed by atoms with Gasteiger partial charge in [-0.2, -0.15) is 0 Å². The van der Waals surface area contributed by atoms with Crippen LogP contribution in [0, 0.1) is 5.92 Å². The highest BCUT2D eigenvalue weighted by Crippen LogP contribution is 2.25. The molecule has 1 saturated carbocycles. The fraction of sp³-hybridized carbons (Fsp3) is 1.00. The first kappa shape index (κ1) is 6.02. The highest BCUT2D eigenvalue weighted by Gasteiger charge is 2.28. The molecule has 1 aliphatic rings. The van der Waals surface area contributed by atoms with Crippen LogP contribution in [0.15, 0.2) is 0 Å². The van der Waals surface area contributed by atoms with E-state index in [2.05, 4.69) is 0 Å². The molecule has 0 unspecified atom stereocenters. The minimum atomic E-state index is -0.731. The summed E-state index contributed by atoms with van der Waals surface area (Å²) in [4.78, 5) is 0. The molecule has 0 bridgehead atoms. The third kappa shape index (κ3) is 0.996. The molecule has 1 rings (SSSR count). The van der Waals surface area contributed by atoms with Crippen LogP contribution in [0.2, 0.25) is 0 Å². The Morgan fingerprint density at radius 1 is 1.50 bits per heavy atom. The van der Waals surface area contributed by atoms with E-state index in [1.165, 1.54) is 0 Å². The van der Waals surface area contributed by atoms with E-state index in [-0.39, 0.29) is 6.04 Å². The van der Waals surface area contributed by atoms with Gasteiger partial charge in [-0.1, -0.05) is 6.92 Å². The van der Waals surface area contributed by atoms with Gasteiger partial charge in [-0.3, -0.25) is 0 Å². The van der Waals surface area contributed by atoms with Crippen LogP contribution in [0.25, 0.3) is 0 Å². The summed E-state index contributed by atoms with van der Waals surface area (Å²) in [6, 6.07) is -0.176. The molecule has 0 aromatic rings. The summed E-state index contributed by atoms with van der Waals surface area (Å²) < 4.78 is 12.4. The number of nitrogens with two attached hydrogens (primary N) is 1. The topological polar surface area (TPSA) is 26.0 Å². The molecule has 48 valence electrons. The van der Waals surface area contributed by atoms with E-state index in [1.54, 1.807) is 0 Å². The molecule has 0 aromatic carbocycles. The molecular weight excluding hydrogens is 105 g/mol. The summed E-state index contributed by atoms with van der Waals surface area (Å²) in [5, 5.41) is 0. The molecule has 0 aromatic heterocycles. The Bertz CT molecular complexity index is 74.6. The SMILES string of the molecule is C[C@@H]1C[C@H](N)[C@@H](F)C1. The normalized spacial score (nSPS) is 47.6. The monoisotopic (exact) mass is 117 g/mol. The Morgan fingerprint density at radius 3 is 2.25 bits per heavy atom. The van der Waals surface area contributed by atoms with Crippen LogP contribution in [0.1, 0.15) is 19.8 Å². The summed E-state index contributed by atoms with van der Waals surface area (Å²) in [7, 11) is 0. The zero-order valence-electron chi connectivity index (χ0n) is 5.10. The average molecular weight is 117 g/mol. The molecule has 2 N–H and O–H groups in total. The van der Waals surface area contributed by atoms with Crippen LogP contribution >= 0.6 is 0 Å². The van der Waals surface area contributed by atoms with Crippen LogP contribution in [0.4, 0.5) is 4.39 Å². The quantitative estimate of drug-likeness (QED) is 0.505. The Morgan fingerprint density at radius 2 is 2.12 bits per heavy atom. The van der Waals surface area contributed by atoms with Gasteiger partial charge in [0.25, 0.3) is 0 Å². The zero-order valence-corrected chi connectivity index (χ0v) is 5.10. The maximum atomic E-state index is 12.4. The molecule has 1 fully saturated rings. The molecule has 0 heterocycles. The standard InChI is InChI=1S/C6H12FN/c1-4-2-5(7)6(8)3-4/h4-6H,2-3,8H2,1H3/t4-,5-,6-/m0/s1. The first-order valence-electron chi connectivity index (χ1n) is 3.10. The van der Waals surface area contributed by atoms with Crippen LogP contribution in [0.3, 0.4) is 0 Å². The van der Waals surface area contributed by atoms with Gasteiger partial charge in [0.05, 0.1) is 0 Å². The van der Waals surface area contributed by atoms with Crippen molar-refractivity contribution in [2.24, 2.45) is 11.7 Å². The first-order chi connectivity index (χ1) is 3.70. The Kier molecular flexibility index (Phi) is 1.52. The van der Waals surface area contributed by atoms with E-state index < -0.39 is 6.17 Å². The second-order valence-corrected chi connectivity index (χ2v) is 2.76. The van der Waals surface area contributed by atoms with Gasteiger partial charge in [-0.05, 0) is 18.8 Å². The molecule has 0 amide bonds. The van der Waals surface area contributed by atoms with Crippen molar-refractivity contribution in [2.45, 2.75) is 32.0 Å². The van der Waals surface area contributed by atoms with Crippen LogP contribution in [-0.4, -0.2) is 12.2 Å². The Balaban J connectivity index is 2.39. The van der Waals surface area contributed by atoms with Gasteiger partial charge in [-0.25, -0.2) is 4.39 Å². The van der Waals surface area contributed by atoms with E-state index in [9.17, 15) is 4.39 Å². The van der Waals surface area contributed by atoms with Crippen molar-refractivity contribution in [1.82, 2.24) is 0 Å². The second kappa shape index (κ2) is 2.02. The van der Waals surface area contributed by atoms with E-state index in [4.69, 9.17) is 5.73 Å². The minimum Gasteiger partial charge on any atom is -0.325 e. The highest BCUT2D eigenvalue weighted by atomic mass is 19.1. The van der Waals surface area contributed by atoms with Gasteiger partial charge in [0.2, 0.25) is 0 Å². The lowest BCUT2D eigenvalue weighted by Crippen LogP contribution is -2.25. The largest absolute Gasteiger partial charge is 0.325 e. The van der Waals surface area contributed by atoms with Crippen molar-refractivity contribution in [2.75, 3.05) is 0 Å². The zero-order chi connectivity index (χ0) is 6.15. The predicted octanol–water partition coefficient (Wildman–Crippen LogP) is 1.08. The van der Waals surface area contributed by atoms with Gasteiger partial charge >= 0.3 is 0 Å². The predicted molar refractivity (Wildman–Crippen MR) is 31.3 cm³/mol. The summed E-state index contributed by atoms with van der Waals surface area (Å²) in [5.74, 6) is 0.500. The molecule has 3 atom stereocenters. The van der Waals surface area contributed by atoms with Crippen LogP contribution in [0.5, 0.6) is 0 Å². The number of halogens is 1. The molecule has 1 nitrogen and oxygen atoms in total. The third-order valence-corrected chi connectivity index (χ3v) is 1.77. The first-order valence-corrected chi connectivity index (χ1v) is 3.10. The van der Waals surface area contributed by atoms with Gasteiger partial charge in [-0.15, -0.1) is 0 Å². The summed E-state index contributed by atoms with van der Waals surface area (Å²) >= 11 is 0. The number of alkyl halides is 1. The lowest BCUT2D eigenvalue weighted by atomic mass is 10.1. The van der Waals surface area contributed by atoms with Crippen molar-refractivity contribution in [3.63, 3.8) is 0 Å². The fourth-order valence-electron chi connectivity index (χ4n) is 1.27. The van der Waals surface area contributed by atoms with Gasteiger partial charge in [0.15, 0.2) is 0 Å². The second-order valence-electron chi connectivity index (χ2n) is 2.76. The van der Waals surface area contributed by atoms with Crippen LogP contribution < -0.4 is 5.73 Å². The van der Waals surface area contributed by atoms with E-state index >= 15 is 0 Å². The van der Waals surface area contributed by atoms with Gasteiger partial charge in [0, 0.05) is 6.04 Å². The molecule has 0 radical (unpaired) electrons. The van der Waals surface area contributed by atoms with E-state index in [0.717, 1.165) is 6.42 Å². The maximum absolute atomic E-state index is 12.4. The van der Waals surface area contributed by atoms with Crippen LogP contribution in [-0.2, 0) is 0 Å². The molecule has 1 aliphatic carbocycles. The Hall–Kier alpha value is -0.110. The number of hydrogen-bond acceptors (Lipinski definition) is 1. The molecule has 0 spiro atoms. The maximum Gasteiger partial charge on any atom is 0.115 e. The summed E-state index contributed by atoms with van der Waals surface area (Å²) in [6.07, 6.45) is 0.799. The number of rotatable bonds is 0. The molecular formula is C6H12FN. The smallest absolute Gasteiger partial charge is 0.115 e. The number of hydrogen-bond donors (Lipinski definition) is 1. The van der Waals surface area contributed by atoms with Gasteiger partial charge in [0.1, 0.15) is 6.17 Å².